The van der Waals surface area contributed by atoms with Crippen molar-refractivity contribution < 1.29 is 0 Å². The molecule has 0 bridgehead atoms. The molecule has 4 aromatic rings. The summed E-state index contributed by atoms with van der Waals surface area (Å²) >= 11 is 3.36. The van der Waals surface area contributed by atoms with Gasteiger partial charge in [0, 0.05) is 10.6 Å². The maximum Gasteiger partial charge on any atom is 0.112 e. The van der Waals surface area contributed by atoms with E-state index in [0.29, 0.717) is 0 Å². The third-order valence-electron chi connectivity index (χ3n) is 4.31. The summed E-state index contributed by atoms with van der Waals surface area (Å²) in [5.41, 5.74) is 10.3. The number of benzene rings is 3. The predicted octanol–water partition coefficient (Wildman–Crippen LogP) is 7.82. The minimum absolute atomic E-state index is 0.121. The highest BCUT2D eigenvalue weighted by Crippen LogP contribution is 2.31. The van der Waals surface area contributed by atoms with Crippen molar-refractivity contribution in [2.24, 2.45) is 0 Å². The highest BCUT2D eigenvalue weighted by molar-refractivity contribution is 7.97. The third-order valence-corrected chi connectivity index (χ3v) is 6.35. The smallest absolute Gasteiger partial charge is 0.112 e. The molecule has 0 spiro atoms. The summed E-state index contributed by atoms with van der Waals surface area (Å²) in [7, 11) is 0. The fraction of sp³-hybridized carbons (Fsp3) is 0.269. The van der Waals surface area contributed by atoms with Crippen LogP contribution in [-0.2, 0) is 6.42 Å². The molecule has 164 valence electrons. The second-order valence-electron chi connectivity index (χ2n) is 6.56. The van der Waals surface area contributed by atoms with Gasteiger partial charge >= 0.3 is 0 Å². The number of rotatable bonds is 6. The third kappa shape index (κ3) is 7.39. The largest absolute Gasteiger partial charge is 0.399 e. The maximum absolute atomic E-state index is 5.92. The summed E-state index contributed by atoms with van der Waals surface area (Å²) in [6.07, 6.45) is 0.886. The van der Waals surface area contributed by atoms with E-state index in [9.17, 15) is 0 Å². The second-order valence-corrected chi connectivity index (χ2v) is 8.53. The van der Waals surface area contributed by atoms with E-state index in [0.717, 1.165) is 27.5 Å². The number of fused-ring (bicyclic) bond motifs is 1. The van der Waals surface area contributed by atoms with Crippen LogP contribution in [0.3, 0.4) is 0 Å². The van der Waals surface area contributed by atoms with Crippen LogP contribution in [0.5, 0.6) is 0 Å². The van der Waals surface area contributed by atoms with E-state index in [1.165, 1.54) is 15.8 Å². The Morgan fingerprint density at radius 2 is 1.68 bits per heavy atom. The summed E-state index contributed by atoms with van der Waals surface area (Å²) in [6, 6.07) is 25.0. The van der Waals surface area contributed by atoms with Crippen molar-refractivity contribution in [3.05, 3.63) is 88.9 Å². The zero-order chi connectivity index (χ0) is 22.6. The van der Waals surface area contributed by atoms with Gasteiger partial charge in [0.1, 0.15) is 5.01 Å². The van der Waals surface area contributed by atoms with Crippen LogP contribution in [0, 0.1) is 6.92 Å². The van der Waals surface area contributed by atoms with Gasteiger partial charge in [-0.25, -0.2) is 9.71 Å². The fourth-order valence-electron chi connectivity index (χ4n) is 3.01. The van der Waals surface area contributed by atoms with E-state index in [1.54, 1.807) is 23.3 Å². The molecule has 1 aromatic heterocycles. The molecular weight excluding hydrogens is 418 g/mol. The topological polar surface area (TPSA) is 50.9 Å². The first-order valence-electron chi connectivity index (χ1n) is 10.9. The van der Waals surface area contributed by atoms with Crippen LogP contribution in [0.25, 0.3) is 10.2 Å². The monoisotopic (exact) mass is 451 g/mol. The van der Waals surface area contributed by atoms with E-state index >= 15 is 0 Å². The van der Waals surface area contributed by atoms with E-state index in [2.05, 4.69) is 60.2 Å². The second kappa shape index (κ2) is 13.2. The molecule has 3 aromatic carbocycles. The summed E-state index contributed by atoms with van der Waals surface area (Å²) < 4.78 is 4.84. The van der Waals surface area contributed by atoms with Crippen LogP contribution in [0.1, 0.15) is 49.9 Å². The van der Waals surface area contributed by atoms with Gasteiger partial charge in [-0.1, -0.05) is 75.7 Å². The molecule has 1 unspecified atom stereocenters. The molecule has 3 N–H and O–H groups in total. The molecule has 0 aliphatic carbocycles. The quantitative estimate of drug-likeness (QED) is 0.232. The zero-order valence-corrected chi connectivity index (χ0v) is 20.7. The fourth-order valence-corrected chi connectivity index (χ4v) is 4.92. The van der Waals surface area contributed by atoms with Gasteiger partial charge in [-0.3, -0.25) is 0 Å². The normalized spacial score (nSPS) is 11.1. The molecular formula is C26H33N3S2. The number of anilines is 1. The molecule has 3 nitrogen and oxygen atoms in total. The van der Waals surface area contributed by atoms with Gasteiger partial charge < -0.3 is 5.73 Å². The van der Waals surface area contributed by atoms with E-state index in [4.69, 9.17) is 10.7 Å². The molecule has 0 aliphatic rings. The highest BCUT2D eigenvalue weighted by atomic mass is 32.2. The van der Waals surface area contributed by atoms with E-state index < -0.39 is 0 Å². The summed E-state index contributed by atoms with van der Waals surface area (Å²) in [5.74, 6) is 0. The summed E-state index contributed by atoms with van der Waals surface area (Å²) in [6.45, 7) is 10.1. The number of nitrogens with zero attached hydrogens (tertiary/aromatic N) is 1. The van der Waals surface area contributed by atoms with Crippen LogP contribution in [0.4, 0.5) is 5.69 Å². The van der Waals surface area contributed by atoms with Gasteiger partial charge in [0.25, 0.3) is 0 Å². The van der Waals surface area contributed by atoms with Gasteiger partial charge in [0.15, 0.2) is 0 Å². The number of hydrogen-bond donors (Lipinski definition) is 2. The molecule has 0 saturated heterocycles. The highest BCUT2D eigenvalue weighted by Gasteiger charge is 2.17. The van der Waals surface area contributed by atoms with Crippen molar-refractivity contribution in [1.82, 2.24) is 9.71 Å². The van der Waals surface area contributed by atoms with Crippen LogP contribution < -0.4 is 10.5 Å². The first-order valence-corrected chi connectivity index (χ1v) is 12.5. The molecule has 0 saturated carbocycles. The standard InChI is InChI=1S/C22H21N3S2.2C2H6/c1-15-6-4-7-16(12-15)13-20(25-27-18-9-5-8-17(23)14-18)22-24-19-10-2-3-11-21(19)26-22;2*1-2/h2-12,14,20,25H,13,23H2,1H3;2*1-2H3. The van der Waals surface area contributed by atoms with Crippen LogP contribution >= 0.6 is 23.3 Å². The molecule has 4 rings (SSSR count). The molecule has 0 amide bonds. The Labute approximate surface area is 195 Å². The molecule has 5 heteroatoms. The number of aromatic nitrogens is 1. The molecule has 0 fully saturated rings. The minimum Gasteiger partial charge on any atom is -0.399 e. The first kappa shape index (κ1) is 24.9. The number of para-hydroxylation sites is 1. The van der Waals surface area contributed by atoms with Crippen molar-refractivity contribution in [2.45, 2.75) is 52.0 Å². The van der Waals surface area contributed by atoms with E-state index in [-0.39, 0.29) is 6.04 Å². The van der Waals surface area contributed by atoms with Crippen LogP contribution in [-0.4, -0.2) is 4.98 Å². The average Bonchev–Trinajstić information content (AvgIpc) is 3.24. The Kier molecular flexibility index (Phi) is 10.6. The lowest BCUT2D eigenvalue weighted by Gasteiger charge is -2.16. The van der Waals surface area contributed by atoms with Crippen molar-refractivity contribution in [2.75, 3.05) is 5.73 Å². The van der Waals surface area contributed by atoms with E-state index in [1.807, 2.05) is 52.0 Å². The van der Waals surface area contributed by atoms with Gasteiger partial charge in [0.05, 0.1) is 16.3 Å². The molecule has 1 atom stereocenters. The lowest BCUT2D eigenvalue weighted by molar-refractivity contribution is 0.668. The number of nitrogens with two attached hydrogens (primary N) is 1. The number of thiazole rings is 1. The Morgan fingerprint density at radius 3 is 2.39 bits per heavy atom. The van der Waals surface area contributed by atoms with Crippen molar-refractivity contribution >= 4 is 39.2 Å². The maximum atomic E-state index is 5.92. The lowest BCUT2D eigenvalue weighted by atomic mass is 10.0. The summed E-state index contributed by atoms with van der Waals surface area (Å²) in [4.78, 5) is 5.98. The predicted molar refractivity (Wildman–Crippen MR) is 140 cm³/mol. The number of nitrogen functional groups attached to an aromatic ring is 1. The van der Waals surface area contributed by atoms with Crippen molar-refractivity contribution in [3.63, 3.8) is 0 Å². The Hall–Kier alpha value is -2.34. The Balaban J connectivity index is 0.000000807. The van der Waals surface area contributed by atoms with Gasteiger partial charge in [-0.05, 0) is 61.2 Å². The van der Waals surface area contributed by atoms with Gasteiger partial charge in [0.2, 0.25) is 0 Å². The average molecular weight is 452 g/mol. The Bertz CT molecular complexity index is 1030. The van der Waals surface area contributed by atoms with Crippen LogP contribution in [0.15, 0.2) is 77.7 Å². The number of nitrogens with one attached hydrogen (secondary N) is 1. The lowest BCUT2D eigenvalue weighted by Crippen LogP contribution is -2.17. The van der Waals surface area contributed by atoms with Crippen LogP contribution in [0.2, 0.25) is 0 Å². The minimum atomic E-state index is 0.121. The Morgan fingerprint density at radius 1 is 0.935 bits per heavy atom. The number of aryl methyl sites for hydroxylation is 1. The number of hydrogen-bond acceptors (Lipinski definition) is 5. The van der Waals surface area contributed by atoms with Gasteiger partial charge in [-0.2, -0.15) is 0 Å². The molecule has 1 heterocycles. The molecule has 0 aliphatic heterocycles. The molecule has 0 radical (unpaired) electrons. The van der Waals surface area contributed by atoms with Crippen molar-refractivity contribution in [3.8, 4) is 0 Å². The van der Waals surface area contributed by atoms with Gasteiger partial charge in [-0.15, -0.1) is 11.3 Å². The SMILES string of the molecule is CC.CC.Cc1cccc(CC(NSc2cccc(N)c2)c2nc3ccccc3s2)c1. The molecule has 31 heavy (non-hydrogen) atoms. The summed E-state index contributed by atoms with van der Waals surface area (Å²) in [5, 5.41) is 1.11. The first-order chi connectivity index (χ1) is 15.2. The van der Waals surface area contributed by atoms with Crippen molar-refractivity contribution in [1.29, 1.82) is 0 Å². The zero-order valence-electron chi connectivity index (χ0n) is 19.1.